The van der Waals surface area contributed by atoms with E-state index in [1.54, 1.807) is 6.07 Å². The zero-order valence-electron chi connectivity index (χ0n) is 15.6. The van der Waals surface area contributed by atoms with E-state index in [2.05, 4.69) is 0 Å². The van der Waals surface area contributed by atoms with Gasteiger partial charge in [0, 0.05) is 21.5 Å². The van der Waals surface area contributed by atoms with Crippen LogP contribution in [-0.4, -0.2) is 5.11 Å². The third-order valence-electron chi connectivity index (χ3n) is 5.00. The van der Waals surface area contributed by atoms with Crippen LogP contribution in [0, 0.1) is 6.92 Å². The molecule has 0 heterocycles. The molecular formula is C25H21O2P. The highest BCUT2D eigenvalue weighted by molar-refractivity contribution is 7.85. The van der Waals surface area contributed by atoms with Gasteiger partial charge in [-0.1, -0.05) is 97.1 Å². The number of phenols is 1. The van der Waals surface area contributed by atoms with Crippen molar-refractivity contribution in [3.8, 4) is 16.9 Å². The third kappa shape index (κ3) is 3.06. The lowest BCUT2D eigenvalue weighted by atomic mass is 9.99. The van der Waals surface area contributed by atoms with E-state index < -0.39 is 7.14 Å². The second kappa shape index (κ2) is 7.50. The monoisotopic (exact) mass is 384 g/mol. The molecule has 0 fully saturated rings. The van der Waals surface area contributed by atoms with Crippen molar-refractivity contribution >= 4 is 23.1 Å². The van der Waals surface area contributed by atoms with E-state index in [9.17, 15) is 9.67 Å². The molecule has 2 nitrogen and oxygen atoms in total. The lowest BCUT2D eigenvalue weighted by molar-refractivity contribution is 0.477. The predicted molar refractivity (Wildman–Crippen MR) is 118 cm³/mol. The maximum Gasteiger partial charge on any atom is 0.171 e. The fraction of sp³-hybridized carbons (Fsp3) is 0.0400. The molecule has 0 saturated carbocycles. The van der Waals surface area contributed by atoms with E-state index in [0.717, 1.165) is 32.6 Å². The summed E-state index contributed by atoms with van der Waals surface area (Å²) in [6.45, 7) is 1.96. The Kier molecular flexibility index (Phi) is 4.90. The molecule has 138 valence electrons. The molecule has 0 aliphatic rings. The van der Waals surface area contributed by atoms with Crippen LogP contribution in [-0.2, 0) is 4.57 Å². The largest absolute Gasteiger partial charge is 0.507 e. The molecule has 28 heavy (non-hydrogen) atoms. The van der Waals surface area contributed by atoms with Gasteiger partial charge >= 0.3 is 0 Å². The smallest absolute Gasteiger partial charge is 0.171 e. The van der Waals surface area contributed by atoms with Gasteiger partial charge in [-0.15, -0.1) is 0 Å². The molecule has 0 aliphatic carbocycles. The molecule has 0 aromatic heterocycles. The number of benzene rings is 4. The minimum Gasteiger partial charge on any atom is -0.507 e. The number of aromatic hydroxyl groups is 1. The highest BCUT2D eigenvalue weighted by Crippen LogP contribution is 2.46. The zero-order valence-corrected chi connectivity index (χ0v) is 16.5. The van der Waals surface area contributed by atoms with Gasteiger partial charge in [-0.05, 0) is 24.1 Å². The predicted octanol–water partition coefficient (Wildman–Crippen LogP) is 5.01. The van der Waals surface area contributed by atoms with Crippen molar-refractivity contribution in [3.63, 3.8) is 0 Å². The van der Waals surface area contributed by atoms with Crippen LogP contribution in [0.15, 0.2) is 103 Å². The number of rotatable bonds is 4. The zero-order chi connectivity index (χ0) is 19.6. The Labute approximate surface area is 165 Å². The van der Waals surface area contributed by atoms with Gasteiger partial charge < -0.3 is 9.67 Å². The van der Waals surface area contributed by atoms with Crippen LogP contribution in [0.4, 0.5) is 0 Å². The first-order chi connectivity index (χ1) is 13.6. The van der Waals surface area contributed by atoms with Gasteiger partial charge in [0.05, 0.1) is 0 Å². The molecule has 0 unspecified atom stereocenters. The Balaban J connectivity index is 2.07. The molecule has 4 rings (SSSR count). The molecule has 0 atom stereocenters. The summed E-state index contributed by atoms with van der Waals surface area (Å²) < 4.78 is 14.8. The molecule has 4 aromatic carbocycles. The second-order valence-corrected chi connectivity index (χ2v) is 9.50. The van der Waals surface area contributed by atoms with Gasteiger partial charge in [0.2, 0.25) is 0 Å². The molecule has 0 saturated heterocycles. The van der Waals surface area contributed by atoms with Crippen LogP contribution in [0.3, 0.4) is 0 Å². The van der Waals surface area contributed by atoms with Gasteiger partial charge in [-0.3, -0.25) is 0 Å². The average molecular weight is 384 g/mol. The maximum atomic E-state index is 14.8. The van der Waals surface area contributed by atoms with E-state index in [0.29, 0.717) is 0 Å². The standard InChI is InChI=1S/C25H21O2P/c1-19-11-10-17-23(26)25(19)22-16-8-9-18-24(22)28(27,20-12-4-2-5-13-20)21-14-6-3-7-15-21/h2-18,26H,1H3. The molecule has 0 aliphatic heterocycles. The van der Waals surface area contributed by atoms with Crippen molar-refractivity contribution in [2.45, 2.75) is 6.92 Å². The van der Waals surface area contributed by atoms with Crippen molar-refractivity contribution in [2.75, 3.05) is 0 Å². The van der Waals surface area contributed by atoms with Crippen molar-refractivity contribution in [1.82, 2.24) is 0 Å². The molecule has 4 aromatic rings. The third-order valence-corrected chi connectivity index (χ3v) is 8.12. The Morgan fingerprint density at radius 3 is 1.75 bits per heavy atom. The van der Waals surface area contributed by atoms with Crippen molar-refractivity contribution in [2.24, 2.45) is 0 Å². The Bertz CT molecular complexity index is 1090. The Hall–Kier alpha value is -3.09. The lowest BCUT2D eigenvalue weighted by Gasteiger charge is -2.23. The highest BCUT2D eigenvalue weighted by atomic mass is 31.2. The number of hydrogen-bond acceptors (Lipinski definition) is 2. The first-order valence-electron chi connectivity index (χ1n) is 9.22. The molecule has 0 bridgehead atoms. The fourth-order valence-corrected chi connectivity index (χ4v) is 6.53. The van der Waals surface area contributed by atoms with Gasteiger partial charge in [0.15, 0.2) is 7.14 Å². The molecule has 1 N–H and O–H groups in total. The summed E-state index contributed by atoms with van der Waals surface area (Å²) in [6, 6.07) is 32.3. The van der Waals surface area contributed by atoms with Crippen LogP contribution >= 0.6 is 7.14 Å². The molecule has 3 heteroatoms. The van der Waals surface area contributed by atoms with Crippen LogP contribution < -0.4 is 15.9 Å². The van der Waals surface area contributed by atoms with Gasteiger partial charge in [0.1, 0.15) is 5.75 Å². The molecule has 0 spiro atoms. The second-order valence-electron chi connectivity index (χ2n) is 6.77. The van der Waals surface area contributed by atoms with Crippen LogP contribution in [0.5, 0.6) is 5.75 Å². The van der Waals surface area contributed by atoms with E-state index in [1.165, 1.54) is 0 Å². The SMILES string of the molecule is Cc1cccc(O)c1-c1ccccc1P(=O)(c1ccccc1)c1ccccc1. The van der Waals surface area contributed by atoms with E-state index in [1.807, 2.05) is 104 Å². The summed E-state index contributed by atoms with van der Waals surface area (Å²) >= 11 is 0. The first kappa shape index (κ1) is 18.3. The Morgan fingerprint density at radius 2 is 1.18 bits per heavy atom. The first-order valence-corrected chi connectivity index (χ1v) is 10.9. The number of aryl methyl sites for hydroxylation is 1. The van der Waals surface area contributed by atoms with E-state index in [4.69, 9.17) is 0 Å². The summed E-state index contributed by atoms with van der Waals surface area (Å²) in [5, 5.41) is 12.9. The Morgan fingerprint density at radius 1 is 0.643 bits per heavy atom. The average Bonchev–Trinajstić information content (AvgIpc) is 2.75. The lowest BCUT2D eigenvalue weighted by Crippen LogP contribution is -2.26. The summed E-state index contributed by atoms with van der Waals surface area (Å²) in [5.41, 5.74) is 2.47. The fourth-order valence-electron chi connectivity index (χ4n) is 3.67. The van der Waals surface area contributed by atoms with Gasteiger partial charge in [0.25, 0.3) is 0 Å². The van der Waals surface area contributed by atoms with Crippen LogP contribution in [0.25, 0.3) is 11.1 Å². The summed E-state index contributed by atoms with van der Waals surface area (Å²) in [7, 11) is -3.13. The normalized spacial score (nSPS) is 11.3. The maximum absolute atomic E-state index is 14.8. The van der Waals surface area contributed by atoms with Crippen LogP contribution in [0.2, 0.25) is 0 Å². The minimum absolute atomic E-state index is 0.195. The summed E-state index contributed by atoms with van der Waals surface area (Å²) in [5.74, 6) is 0.195. The summed E-state index contributed by atoms with van der Waals surface area (Å²) in [4.78, 5) is 0. The quantitative estimate of drug-likeness (QED) is 0.503. The molecular weight excluding hydrogens is 363 g/mol. The van der Waals surface area contributed by atoms with Crippen molar-refractivity contribution in [1.29, 1.82) is 0 Å². The van der Waals surface area contributed by atoms with E-state index >= 15 is 0 Å². The van der Waals surface area contributed by atoms with Crippen molar-refractivity contribution in [3.05, 3.63) is 109 Å². The topological polar surface area (TPSA) is 37.3 Å². The number of hydrogen-bond donors (Lipinski definition) is 1. The summed E-state index contributed by atoms with van der Waals surface area (Å²) in [6.07, 6.45) is 0. The van der Waals surface area contributed by atoms with Gasteiger partial charge in [-0.2, -0.15) is 0 Å². The van der Waals surface area contributed by atoms with E-state index in [-0.39, 0.29) is 5.75 Å². The number of phenolic OH excluding ortho intramolecular Hbond substituents is 1. The van der Waals surface area contributed by atoms with Crippen LogP contribution in [0.1, 0.15) is 5.56 Å². The molecule has 0 radical (unpaired) electrons. The molecule has 0 amide bonds. The minimum atomic E-state index is -3.13. The highest BCUT2D eigenvalue weighted by Gasteiger charge is 2.32. The van der Waals surface area contributed by atoms with Gasteiger partial charge in [-0.25, -0.2) is 0 Å². The van der Waals surface area contributed by atoms with Crippen molar-refractivity contribution < 1.29 is 9.67 Å².